The molecule has 0 radical (unpaired) electrons. The molecule has 3 N–H and O–H groups in total. The molecule has 3 atom stereocenters. The van der Waals surface area contributed by atoms with Gasteiger partial charge >= 0.3 is 5.97 Å². The predicted molar refractivity (Wildman–Crippen MR) is 106 cm³/mol. The van der Waals surface area contributed by atoms with E-state index in [0.717, 1.165) is 30.5 Å². The average Bonchev–Trinajstić information content (AvgIpc) is 2.96. The molecule has 6 heteroatoms. The fourth-order valence-corrected chi connectivity index (χ4v) is 4.06. The molecule has 3 rings (SSSR count). The first-order valence-corrected chi connectivity index (χ1v) is 9.75. The maximum atomic E-state index is 12.6. The van der Waals surface area contributed by atoms with Crippen molar-refractivity contribution in [3.05, 3.63) is 57.9 Å². The zero-order valence-corrected chi connectivity index (χ0v) is 16.8. The fourth-order valence-electron chi connectivity index (χ4n) is 4.06. The Balaban J connectivity index is 1.67. The molecule has 150 valence electrons. The number of aromatic amines is 1. The molecular weight excluding hydrogens is 356 g/mol. The molecule has 1 aliphatic rings. The van der Waals surface area contributed by atoms with Crippen LogP contribution in [0.15, 0.2) is 24.3 Å². The van der Waals surface area contributed by atoms with Crippen LogP contribution in [0.4, 0.5) is 0 Å². The highest BCUT2D eigenvalue weighted by molar-refractivity contribution is 5.92. The molecule has 1 aliphatic carbocycles. The fraction of sp³-hybridized carbons (Fsp3) is 0.455. The van der Waals surface area contributed by atoms with Crippen LogP contribution in [0.1, 0.15) is 77.3 Å². The van der Waals surface area contributed by atoms with Crippen LogP contribution in [0.2, 0.25) is 0 Å². The van der Waals surface area contributed by atoms with Gasteiger partial charge in [-0.15, -0.1) is 0 Å². The topological polar surface area (TPSA) is 91.4 Å². The van der Waals surface area contributed by atoms with Gasteiger partial charge in [0.1, 0.15) is 5.69 Å². The third-order valence-electron chi connectivity index (χ3n) is 5.46. The monoisotopic (exact) mass is 384 g/mol. The number of rotatable bonds is 5. The number of H-pyrrole nitrogens is 1. The molecule has 1 heterocycles. The van der Waals surface area contributed by atoms with Crippen LogP contribution in [-0.2, 0) is 16.0 Å². The third kappa shape index (κ3) is 3.97. The number of amides is 1. The van der Waals surface area contributed by atoms with Gasteiger partial charge in [-0.3, -0.25) is 4.79 Å². The van der Waals surface area contributed by atoms with Gasteiger partial charge in [0.25, 0.3) is 5.91 Å². The van der Waals surface area contributed by atoms with Crippen LogP contribution in [0, 0.1) is 13.8 Å². The molecule has 0 saturated heterocycles. The number of carbonyl (C=O) groups is 2. The molecule has 0 fully saturated rings. The summed E-state index contributed by atoms with van der Waals surface area (Å²) in [4.78, 5) is 28.1. The van der Waals surface area contributed by atoms with Crippen LogP contribution in [0.25, 0.3) is 0 Å². The second-order valence-electron chi connectivity index (χ2n) is 7.54. The quantitative estimate of drug-likeness (QED) is 0.689. The first kappa shape index (κ1) is 20.1. The lowest BCUT2D eigenvalue weighted by Crippen LogP contribution is -2.39. The van der Waals surface area contributed by atoms with E-state index in [-0.39, 0.29) is 17.6 Å². The molecule has 2 aromatic rings. The molecule has 0 unspecified atom stereocenters. The van der Waals surface area contributed by atoms with Gasteiger partial charge in [0, 0.05) is 11.3 Å². The molecule has 0 saturated carbocycles. The first-order chi connectivity index (χ1) is 13.3. The van der Waals surface area contributed by atoms with Gasteiger partial charge < -0.3 is 20.1 Å². The minimum absolute atomic E-state index is 0.0603. The van der Waals surface area contributed by atoms with Crippen LogP contribution in [0.3, 0.4) is 0 Å². The van der Waals surface area contributed by atoms with Crippen LogP contribution in [-0.4, -0.2) is 28.1 Å². The van der Waals surface area contributed by atoms with Crippen molar-refractivity contribution >= 4 is 11.9 Å². The van der Waals surface area contributed by atoms with Crippen molar-refractivity contribution in [1.29, 1.82) is 0 Å². The summed E-state index contributed by atoms with van der Waals surface area (Å²) in [6.45, 7) is 6.77. The summed E-state index contributed by atoms with van der Waals surface area (Å²) in [5.74, 6) is -0.911. The predicted octanol–water partition coefficient (Wildman–Crippen LogP) is 3.42. The summed E-state index contributed by atoms with van der Waals surface area (Å²) < 4.78 is 5.39. The molecule has 0 aliphatic heterocycles. The van der Waals surface area contributed by atoms with Gasteiger partial charge in [0.2, 0.25) is 0 Å². The molecule has 1 amide bonds. The normalized spacial score (nSPS) is 18.1. The Morgan fingerprint density at radius 2 is 1.96 bits per heavy atom. The summed E-state index contributed by atoms with van der Waals surface area (Å²) in [5, 5.41) is 12.9. The van der Waals surface area contributed by atoms with Gasteiger partial charge in [-0.2, -0.15) is 0 Å². The largest absolute Gasteiger partial charge is 0.448 e. The molecule has 1 aromatic carbocycles. The summed E-state index contributed by atoms with van der Waals surface area (Å²) in [5.41, 5.74) is 4.71. The Labute approximate surface area is 165 Å². The van der Waals surface area contributed by atoms with Gasteiger partial charge in [-0.05, 0) is 63.6 Å². The van der Waals surface area contributed by atoms with Gasteiger partial charge in [-0.25, -0.2) is 4.79 Å². The molecule has 0 bridgehead atoms. The van der Waals surface area contributed by atoms with E-state index in [4.69, 9.17) is 4.74 Å². The number of aromatic nitrogens is 1. The van der Waals surface area contributed by atoms with E-state index in [2.05, 4.69) is 16.4 Å². The van der Waals surface area contributed by atoms with Crippen LogP contribution in [0.5, 0.6) is 0 Å². The number of aryl methyl sites for hydroxylation is 2. The number of benzene rings is 1. The van der Waals surface area contributed by atoms with Crippen molar-refractivity contribution in [2.24, 2.45) is 0 Å². The van der Waals surface area contributed by atoms with Crippen molar-refractivity contribution in [2.45, 2.75) is 65.2 Å². The van der Waals surface area contributed by atoms with Crippen molar-refractivity contribution in [3.63, 3.8) is 0 Å². The number of esters is 1. The van der Waals surface area contributed by atoms with E-state index in [9.17, 15) is 14.7 Å². The second-order valence-corrected chi connectivity index (χ2v) is 7.54. The minimum atomic E-state index is -0.917. The maximum Gasteiger partial charge on any atom is 0.355 e. The molecular formula is C22H28N2O4. The minimum Gasteiger partial charge on any atom is -0.448 e. The van der Waals surface area contributed by atoms with E-state index >= 15 is 0 Å². The van der Waals surface area contributed by atoms with Crippen molar-refractivity contribution in [3.8, 4) is 0 Å². The van der Waals surface area contributed by atoms with Crippen molar-refractivity contribution < 1.29 is 19.4 Å². The Bertz CT molecular complexity index is 885. The second kappa shape index (κ2) is 8.19. The zero-order valence-electron chi connectivity index (χ0n) is 16.8. The summed E-state index contributed by atoms with van der Waals surface area (Å²) in [7, 11) is 0. The number of ether oxygens (including phenoxy) is 1. The summed E-state index contributed by atoms with van der Waals surface area (Å²) in [6, 6.07) is 8.06. The number of carbonyl (C=O) groups excluding carboxylic acids is 2. The first-order valence-electron chi connectivity index (χ1n) is 9.75. The number of aliphatic hydroxyl groups is 1. The number of fused-ring (bicyclic) bond motifs is 1. The van der Waals surface area contributed by atoms with Crippen LogP contribution >= 0.6 is 0 Å². The number of hydrogen-bond donors (Lipinski definition) is 3. The number of nitrogens with one attached hydrogen (secondary N) is 2. The Hall–Kier alpha value is -2.60. The molecule has 6 nitrogen and oxygen atoms in total. The summed E-state index contributed by atoms with van der Waals surface area (Å²) in [6.07, 6.45) is 1.30. The summed E-state index contributed by atoms with van der Waals surface area (Å²) >= 11 is 0. The average molecular weight is 384 g/mol. The Morgan fingerprint density at radius 1 is 1.25 bits per heavy atom. The van der Waals surface area contributed by atoms with Gasteiger partial charge in [-0.1, -0.05) is 24.3 Å². The smallest absolute Gasteiger partial charge is 0.355 e. The standard InChI is InChI=1S/C22H28N2O4/c1-12-19(14(3)25)13(2)23-20(12)22(27)28-15(4)21(26)24-18-11-7-9-16-8-5-6-10-17(16)18/h5-6,8,10,14-15,18,23,25H,7,9,11H2,1-4H3,(H,24,26)/t14-,15-,18-/m1/s1. The molecule has 28 heavy (non-hydrogen) atoms. The van der Waals surface area contributed by atoms with E-state index < -0.39 is 18.2 Å². The van der Waals surface area contributed by atoms with Crippen molar-refractivity contribution in [1.82, 2.24) is 10.3 Å². The molecule has 0 spiro atoms. The van der Waals surface area contributed by atoms with E-state index in [1.807, 2.05) is 18.2 Å². The van der Waals surface area contributed by atoms with E-state index in [1.54, 1.807) is 27.7 Å². The van der Waals surface area contributed by atoms with Gasteiger partial charge in [0.15, 0.2) is 6.10 Å². The zero-order chi connectivity index (χ0) is 20.4. The lowest BCUT2D eigenvalue weighted by molar-refractivity contribution is -0.130. The highest BCUT2D eigenvalue weighted by atomic mass is 16.5. The number of aliphatic hydroxyl groups excluding tert-OH is 1. The molecule has 1 aromatic heterocycles. The Kier molecular flexibility index (Phi) is 5.89. The van der Waals surface area contributed by atoms with Crippen molar-refractivity contribution in [2.75, 3.05) is 0 Å². The lowest BCUT2D eigenvalue weighted by Gasteiger charge is -2.27. The Morgan fingerprint density at radius 3 is 2.64 bits per heavy atom. The SMILES string of the molecule is Cc1[nH]c(C(=O)O[C@H](C)C(=O)N[C@@H]2CCCc3ccccc32)c(C)c1[C@@H](C)O. The highest BCUT2D eigenvalue weighted by Crippen LogP contribution is 2.29. The van der Waals surface area contributed by atoms with E-state index in [0.29, 0.717) is 11.1 Å². The number of hydrogen-bond acceptors (Lipinski definition) is 4. The van der Waals surface area contributed by atoms with E-state index in [1.165, 1.54) is 5.56 Å². The van der Waals surface area contributed by atoms with Crippen LogP contribution < -0.4 is 5.32 Å². The lowest BCUT2D eigenvalue weighted by atomic mass is 9.87. The maximum absolute atomic E-state index is 12.6. The van der Waals surface area contributed by atoms with Gasteiger partial charge in [0.05, 0.1) is 12.1 Å². The highest BCUT2D eigenvalue weighted by Gasteiger charge is 2.27. The third-order valence-corrected chi connectivity index (χ3v) is 5.46.